The molecular weight excluding hydrogens is 168 g/mol. The minimum absolute atomic E-state index is 1.07. The Kier molecular flexibility index (Phi) is 8.07. The van der Waals surface area contributed by atoms with E-state index in [1.807, 2.05) is 11.4 Å². The van der Waals surface area contributed by atoms with Crippen LogP contribution in [-0.4, -0.2) is 42.9 Å². The van der Waals surface area contributed by atoms with Crippen molar-refractivity contribution in [3.8, 4) is 0 Å². The predicted octanol–water partition coefficient (Wildman–Crippen LogP) is 1.89. The van der Waals surface area contributed by atoms with Gasteiger partial charge in [-0.3, -0.25) is 4.31 Å². The van der Waals surface area contributed by atoms with Gasteiger partial charge in [-0.1, -0.05) is 26.2 Å². The van der Waals surface area contributed by atoms with Gasteiger partial charge in [0, 0.05) is 6.54 Å². The number of hydrogen-bond donors (Lipinski definition) is 1. The molecule has 74 valence electrons. The Morgan fingerprint density at radius 3 is 2.08 bits per heavy atom. The molecule has 0 radical (unpaired) electrons. The van der Waals surface area contributed by atoms with Gasteiger partial charge in [-0.15, -0.1) is 0 Å². The largest absolute Gasteiger partial charge is 0.306 e. The zero-order valence-electron chi connectivity index (χ0n) is 8.58. The van der Waals surface area contributed by atoms with Gasteiger partial charge in [0.15, 0.2) is 0 Å². The van der Waals surface area contributed by atoms with Crippen molar-refractivity contribution in [1.82, 2.24) is 9.21 Å². The van der Waals surface area contributed by atoms with Crippen molar-refractivity contribution in [2.75, 3.05) is 33.7 Å². The van der Waals surface area contributed by atoms with Gasteiger partial charge in [0.25, 0.3) is 0 Å². The van der Waals surface area contributed by atoms with Crippen LogP contribution in [0.1, 0.15) is 26.2 Å². The Balaban J connectivity index is 3.13. The molecule has 0 aromatic heterocycles. The molecule has 3 heteroatoms. The maximum atomic E-state index is 4.19. The smallest absolute Gasteiger partial charge is 0.00960 e. The van der Waals surface area contributed by atoms with Crippen LogP contribution in [0, 0.1) is 0 Å². The van der Waals surface area contributed by atoms with Crippen LogP contribution < -0.4 is 0 Å². The highest BCUT2D eigenvalue weighted by Gasteiger charge is 1.97. The summed E-state index contributed by atoms with van der Waals surface area (Å²) in [5.41, 5.74) is 0. The second kappa shape index (κ2) is 7.90. The van der Waals surface area contributed by atoms with Crippen molar-refractivity contribution in [2.24, 2.45) is 0 Å². The molecule has 12 heavy (non-hydrogen) atoms. The van der Waals surface area contributed by atoms with Crippen molar-refractivity contribution < 1.29 is 0 Å². The molecule has 0 aliphatic rings. The summed E-state index contributed by atoms with van der Waals surface area (Å²) in [4.78, 5) is 2.39. The molecule has 0 fully saturated rings. The summed E-state index contributed by atoms with van der Waals surface area (Å²) >= 11 is 4.19. The van der Waals surface area contributed by atoms with Gasteiger partial charge >= 0.3 is 0 Å². The maximum absolute atomic E-state index is 4.19. The molecule has 0 spiro atoms. The number of thiol groups is 1. The summed E-state index contributed by atoms with van der Waals surface area (Å²) < 4.78 is 1.94. The lowest BCUT2D eigenvalue weighted by Crippen LogP contribution is -2.23. The second-order valence-electron chi connectivity index (χ2n) is 3.39. The minimum atomic E-state index is 1.07. The van der Waals surface area contributed by atoms with Crippen molar-refractivity contribution >= 4 is 12.8 Å². The first-order valence-corrected chi connectivity index (χ1v) is 5.15. The lowest BCUT2D eigenvalue weighted by molar-refractivity contribution is 0.314. The van der Waals surface area contributed by atoms with Gasteiger partial charge in [0.2, 0.25) is 0 Å². The number of nitrogens with zero attached hydrogens (tertiary/aromatic N) is 2. The van der Waals surface area contributed by atoms with Gasteiger partial charge in [-0.05, 0) is 40.0 Å². The van der Waals surface area contributed by atoms with Gasteiger partial charge < -0.3 is 4.90 Å². The van der Waals surface area contributed by atoms with Gasteiger partial charge in [-0.2, -0.15) is 0 Å². The van der Waals surface area contributed by atoms with E-state index >= 15 is 0 Å². The van der Waals surface area contributed by atoms with Crippen LogP contribution in [0.2, 0.25) is 0 Å². The van der Waals surface area contributed by atoms with E-state index in [4.69, 9.17) is 0 Å². The third kappa shape index (κ3) is 8.37. The van der Waals surface area contributed by atoms with E-state index in [0.717, 1.165) is 6.54 Å². The molecule has 0 saturated heterocycles. The zero-order valence-corrected chi connectivity index (χ0v) is 9.48. The first-order chi connectivity index (χ1) is 5.66. The molecule has 0 amide bonds. The third-order valence-corrected chi connectivity index (χ3v) is 2.11. The summed E-state index contributed by atoms with van der Waals surface area (Å²) in [5.74, 6) is 0. The van der Waals surface area contributed by atoms with Crippen LogP contribution in [0.3, 0.4) is 0 Å². The maximum Gasteiger partial charge on any atom is 0.00960 e. The van der Waals surface area contributed by atoms with E-state index in [9.17, 15) is 0 Å². The lowest BCUT2D eigenvalue weighted by Gasteiger charge is -2.16. The van der Waals surface area contributed by atoms with Crippen LogP contribution in [0.4, 0.5) is 0 Å². The third-order valence-electron chi connectivity index (χ3n) is 1.91. The van der Waals surface area contributed by atoms with E-state index in [-0.39, 0.29) is 0 Å². The van der Waals surface area contributed by atoms with Crippen molar-refractivity contribution in [3.63, 3.8) is 0 Å². The van der Waals surface area contributed by atoms with E-state index in [1.54, 1.807) is 0 Å². The normalized spacial score (nSPS) is 11.5. The average molecular weight is 190 g/mol. The van der Waals surface area contributed by atoms with Crippen molar-refractivity contribution in [2.45, 2.75) is 26.2 Å². The Morgan fingerprint density at radius 2 is 1.58 bits per heavy atom. The van der Waals surface area contributed by atoms with Crippen molar-refractivity contribution in [1.29, 1.82) is 0 Å². The molecule has 2 nitrogen and oxygen atoms in total. The van der Waals surface area contributed by atoms with E-state index in [1.165, 1.54) is 32.4 Å². The predicted molar refractivity (Wildman–Crippen MR) is 58.6 cm³/mol. The summed E-state index contributed by atoms with van der Waals surface area (Å²) in [5, 5.41) is 0. The molecule has 0 heterocycles. The van der Waals surface area contributed by atoms with Gasteiger partial charge in [-0.25, -0.2) is 0 Å². The van der Waals surface area contributed by atoms with E-state index < -0.39 is 0 Å². The highest BCUT2D eigenvalue weighted by Crippen LogP contribution is 1.95. The Morgan fingerprint density at radius 1 is 1.00 bits per heavy atom. The Labute approximate surface area is 82.5 Å². The van der Waals surface area contributed by atoms with Crippen LogP contribution in [-0.2, 0) is 0 Å². The quantitative estimate of drug-likeness (QED) is 0.612. The molecule has 0 aliphatic carbocycles. The SMILES string of the molecule is CCCCN(C)CCCN(C)S. The summed E-state index contributed by atoms with van der Waals surface area (Å²) in [7, 11) is 4.18. The highest BCUT2D eigenvalue weighted by atomic mass is 32.1. The standard InChI is InChI=1S/C9H22N2S/c1-4-5-7-10(2)8-6-9-11(3)12/h12H,4-9H2,1-3H3. The Hall–Kier alpha value is 0.270. The van der Waals surface area contributed by atoms with E-state index in [0.29, 0.717) is 0 Å². The van der Waals surface area contributed by atoms with Crippen LogP contribution in [0.25, 0.3) is 0 Å². The van der Waals surface area contributed by atoms with Gasteiger partial charge in [0.05, 0.1) is 0 Å². The fourth-order valence-electron chi connectivity index (χ4n) is 1.11. The lowest BCUT2D eigenvalue weighted by atomic mass is 10.3. The number of unbranched alkanes of at least 4 members (excludes halogenated alkanes) is 1. The van der Waals surface area contributed by atoms with Crippen LogP contribution >= 0.6 is 12.8 Å². The molecule has 0 N–H and O–H groups in total. The first kappa shape index (κ1) is 12.3. The molecule has 0 aromatic rings. The minimum Gasteiger partial charge on any atom is -0.306 e. The van der Waals surface area contributed by atoms with Crippen molar-refractivity contribution in [3.05, 3.63) is 0 Å². The molecule has 0 atom stereocenters. The van der Waals surface area contributed by atoms with Crippen LogP contribution in [0.5, 0.6) is 0 Å². The summed E-state index contributed by atoms with van der Waals surface area (Å²) in [6, 6.07) is 0. The molecular formula is C9H22N2S. The molecule has 0 aliphatic heterocycles. The summed E-state index contributed by atoms with van der Waals surface area (Å²) in [6.45, 7) is 5.71. The fraction of sp³-hybridized carbons (Fsp3) is 1.00. The van der Waals surface area contributed by atoms with E-state index in [2.05, 4.69) is 31.7 Å². The zero-order chi connectivity index (χ0) is 9.40. The number of rotatable bonds is 7. The van der Waals surface area contributed by atoms with Crippen LogP contribution in [0.15, 0.2) is 0 Å². The topological polar surface area (TPSA) is 6.48 Å². The molecule has 0 aromatic carbocycles. The molecule has 0 saturated carbocycles. The average Bonchev–Trinajstić information content (AvgIpc) is 2.00. The number of hydrogen-bond acceptors (Lipinski definition) is 3. The fourth-order valence-corrected chi connectivity index (χ4v) is 1.25. The Bertz CT molecular complexity index is 96.5. The monoisotopic (exact) mass is 190 g/mol. The second-order valence-corrected chi connectivity index (χ2v) is 4.07. The molecule has 0 bridgehead atoms. The molecule has 0 unspecified atom stereocenters. The summed E-state index contributed by atoms with van der Waals surface area (Å²) in [6.07, 6.45) is 3.81. The van der Waals surface area contributed by atoms with Gasteiger partial charge in [0.1, 0.15) is 0 Å². The molecule has 0 rings (SSSR count). The highest BCUT2D eigenvalue weighted by molar-refractivity contribution is 7.77. The first-order valence-electron chi connectivity index (χ1n) is 4.75.